The number of nitrogens with one attached hydrogen (secondary N) is 1. The summed E-state index contributed by atoms with van der Waals surface area (Å²) in [5, 5.41) is 11.1. The summed E-state index contributed by atoms with van der Waals surface area (Å²) in [6.45, 7) is 0.352. The van der Waals surface area contributed by atoms with E-state index in [-0.39, 0.29) is 11.8 Å². The van der Waals surface area contributed by atoms with Crippen molar-refractivity contribution in [2.45, 2.75) is 6.42 Å². The van der Waals surface area contributed by atoms with Crippen molar-refractivity contribution in [2.24, 2.45) is 11.8 Å². The summed E-state index contributed by atoms with van der Waals surface area (Å²) in [6.07, 6.45) is 1.99. The normalized spacial score (nSPS) is 26.6. The molecule has 0 aromatic carbocycles. The standard InChI is InChI=1S/C8H13NO4S/c1-14(13)3-2-9-7(10)5-4-6(5)8(11)12/h5-6H,2-4H2,1H3,(H,9,10)(H,11,12)/t5-,6+,14?/m1/s1. The number of amides is 1. The Hall–Kier alpha value is -0.910. The Morgan fingerprint density at radius 1 is 1.50 bits per heavy atom. The van der Waals surface area contributed by atoms with Gasteiger partial charge in [0.1, 0.15) is 0 Å². The zero-order chi connectivity index (χ0) is 10.7. The highest BCUT2D eigenvalue weighted by Crippen LogP contribution is 2.38. The van der Waals surface area contributed by atoms with Gasteiger partial charge in [0.05, 0.1) is 11.8 Å². The molecule has 0 spiro atoms. The second-order valence-electron chi connectivity index (χ2n) is 3.36. The van der Waals surface area contributed by atoms with E-state index in [4.69, 9.17) is 5.11 Å². The molecule has 80 valence electrons. The first kappa shape index (κ1) is 11.2. The van der Waals surface area contributed by atoms with Crippen molar-refractivity contribution in [3.8, 4) is 0 Å². The first-order valence-corrected chi connectivity index (χ1v) is 6.05. The SMILES string of the molecule is CS(=O)CCNC(=O)[C@@H]1C[C@@H]1C(=O)O. The van der Waals surface area contributed by atoms with E-state index < -0.39 is 22.7 Å². The molecule has 0 heterocycles. The van der Waals surface area contributed by atoms with Gasteiger partial charge in [-0.3, -0.25) is 13.8 Å². The van der Waals surface area contributed by atoms with E-state index in [1.54, 1.807) is 6.26 Å². The molecule has 6 heteroatoms. The number of aliphatic carboxylic acids is 1. The van der Waals surface area contributed by atoms with Crippen molar-refractivity contribution in [3.63, 3.8) is 0 Å². The van der Waals surface area contributed by atoms with E-state index in [0.29, 0.717) is 18.7 Å². The van der Waals surface area contributed by atoms with Crippen LogP contribution in [0, 0.1) is 11.8 Å². The molecule has 0 bridgehead atoms. The highest BCUT2D eigenvalue weighted by atomic mass is 32.2. The van der Waals surface area contributed by atoms with Crippen LogP contribution >= 0.6 is 0 Å². The number of carbonyl (C=O) groups excluding carboxylic acids is 1. The molecule has 0 radical (unpaired) electrons. The van der Waals surface area contributed by atoms with Crippen molar-refractivity contribution >= 4 is 22.7 Å². The van der Waals surface area contributed by atoms with Gasteiger partial charge in [-0.05, 0) is 6.42 Å². The van der Waals surface area contributed by atoms with Crippen molar-refractivity contribution in [1.29, 1.82) is 0 Å². The second kappa shape index (κ2) is 4.54. The molecule has 1 rings (SSSR count). The third kappa shape index (κ3) is 3.10. The number of carboxylic acid groups (broad SMARTS) is 1. The number of carboxylic acids is 1. The summed E-state index contributed by atoms with van der Waals surface area (Å²) in [5.74, 6) is -1.62. The maximum Gasteiger partial charge on any atom is 0.307 e. The summed E-state index contributed by atoms with van der Waals surface area (Å²) < 4.78 is 10.6. The van der Waals surface area contributed by atoms with Gasteiger partial charge < -0.3 is 10.4 Å². The lowest BCUT2D eigenvalue weighted by molar-refractivity contribution is -0.140. The third-order valence-corrected chi connectivity index (χ3v) is 2.91. The minimum absolute atomic E-state index is 0.233. The Morgan fingerprint density at radius 3 is 2.57 bits per heavy atom. The van der Waals surface area contributed by atoms with Gasteiger partial charge >= 0.3 is 5.97 Å². The molecule has 0 saturated heterocycles. The Labute approximate surface area is 84.3 Å². The first-order chi connectivity index (χ1) is 6.52. The highest BCUT2D eigenvalue weighted by Gasteiger charge is 2.48. The third-order valence-electron chi connectivity index (χ3n) is 2.13. The molecule has 1 fully saturated rings. The summed E-state index contributed by atoms with van der Waals surface area (Å²) in [4.78, 5) is 21.7. The van der Waals surface area contributed by atoms with Crippen LogP contribution in [0.25, 0.3) is 0 Å². The van der Waals surface area contributed by atoms with Gasteiger partial charge in [0.15, 0.2) is 0 Å². The molecule has 14 heavy (non-hydrogen) atoms. The van der Waals surface area contributed by atoms with Crippen molar-refractivity contribution < 1.29 is 18.9 Å². The van der Waals surface area contributed by atoms with E-state index in [0.717, 1.165) is 0 Å². The number of hydrogen-bond donors (Lipinski definition) is 2. The van der Waals surface area contributed by atoms with Gasteiger partial charge in [0, 0.05) is 29.4 Å². The van der Waals surface area contributed by atoms with E-state index in [2.05, 4.69) is 5.32 Å². The summed E-state index contributed by atoms with van der Waals surface area (Å²) in [6, 6.07) is 0. The van der Waals surface area contributed by atoms with Crippen LogP contribution in [0.2, 0.25) is 0 Å². The average Bonchev–Trinajstić information content (AvgIpc) is 2.81. The fraction of sp³-hybridized carbons (Fsp3) is 0.750. The van der Waals surface area contributed by atoms with Gasteiger partial charge in [-0.15, -0.1) is 0 Å². The van der Waals surface area contributed by atoms with Gasteiger partial charge in [-0.2, -0.15) is 0 Å². The number of hydrogen-bond acceptors (Lipinski definition) is 3. The highest BCUT2D eigenvalue weighted by molar-refractivity contribution is 7.84. The fourth-order valence-corrected chi connectivity index (χ4v) is 1.60. The van der Waals surface area contributed by atoms with Crippen LogP contribution in [0.15, 0.2) is 0 Å². The minimum Gasteiger partial charge on any atom is -0.481 e. The van der Waals surface area contributed by atoms with Crippen LogP contribution in [0.3, 0.4) is 0 Å². The average molecular weight is 219 g/mol. The minimum atomic E-state index is -0.923. The number of rotatable bonds is 5. The van der Waals surface area contributed by atoms with Crippen molar-refractivity contribution in [1.82, 2.24) is 5.32 Å². The molecule has 3 atom stereocenters. The maximum atomic E-state index is 11.2. The van der Waals surface area contributed by atoms with Gasteiger partial charge in [-0.25, -0.2) is 0 Å². The molecule has 1 aliphatic carbocycles. The van der Waals surface area contributed by atoms with E-state index in [1.165, 1.54) is 0 Å². The van der Waals surface area contributed by atoms with Crippen LogP contribution in [0.1, 0.15) is 6.42 Å². The summed E-state index contributed by atoms with van der Waals surface area (Å²) >= 11 is 0. The van der Waals surface area contributed by atoms with E-state index in [9.17, 15) is 13.8 Å². The second-order valence-corrected chi connectivity index (χ2v) is 4.91. The van der Waals surface area contributed by atoms with E-state index in [1.807, 2.05) is 0 Å². The lowest BCUT2D eigenvalue weighted by Gasteiger charge is -2.01. The van der Waals surface area contributed by atoms with Crippen molar-refractivity contribution in [3.05, 3.63) is 0 Å². The quantitative estimate of drug-likeness (QED) is 0.634. The Morgan fingerprint density at radius 2 is 2.14 bits per heavy atom. The molecular formula is C8H13NO4S. The molecule has 1 amide bonds. The molecule has 1 aliphatic rings. The maximum absolute atomic E-state index is 11.2. The van der Waals surface area contributed by atoms with Gasteiger partial charge in [0.25, 0.3) is 0 Å². The molecule has 0 aromatic rings. The fourth-order valence-electron chi connectivity index (χ4n) is 1.21. The summed E-state index contributed by atoms with van der Waals surface area (Å²) in [5.41, 5.74) is 0. The molecule has 0 aliphatic heterocycles. The summed E-state index contributed by atoms with van der Waals surface area (Å²) in [7, 11) is -0.923. The predicted octanol–water partition coefficient (Wildman–Crippen LogP) is -0.798. The zero-order valence-corrected chi connectivity index (χ0v) is 8.67. The molecule has 2 N–H and O–H groups in total. The Kier molecular flexibility index (Phi) is 3.62. The Bertz CT molecular complexity index is 279. The van der Waals surface area contributed by atoms with Crippen LogP contribution < -0.4 is 5.32 Å². The smallest absolute Gasteiger partial charge is 0.307 e. The van der Waals surface area contributed by atoms with Crippen molar-refractivity contribution in [2.75, 3.05) is 18.6 Å². The molecule has 5 nitrogen and oxygen atoms in total. The van der Waals surface area contributed by atoms with Crippen LogP contribution in [-0.2, 0) is 20.4 Å². The lowest BCUT2D eigenvalue weighted by atomic mass is 10.3. The number of carbonyl (C=O) groups is 2. The molecular weight excluding hydrogens is 206 g/mol. The molecule has 1 saturated carbocycles. The van der Waals surface area contributed by atoms with Crippen LogP contribution in [0.5, 0.6) is 0 Å². The van der Waals surface area contributed by atoms with Gasteiger partial charge in [0.2, 0.25) is 5.91 Å². The molecule has 0 aromatic heterocycles. The molecule has 1 unspecified atom stereocenters. The van der Waals surface area contributed by atoms with E-state index >= 15 is 0 Å². The Balaban J connectivity index is 2.18. The monoisotopic (exact) mass is 219 g/mol. The first-order valence-electron chi connectivity index (χ1n) is 4.33. The van der Waals surface area contributed by atoms with Gasteiger partial charge in [-0.1, -0.05) is 0 Å². The lowest BCUT2D eigenvalue weighted by Crippen LogP contribution is -2.29. The van der Waals surface area contributed by atoms with Crippen LogP contribution in [0.4, 0.5) is 0 Å². The topological polar surface area (TPSA) is 83.5 Å². The zero-order valence-electron chi connectivity index (χ0n) is 7.86. The predicted molar refractivity (Wildman–Crippen MR) is 51.2 cm³/mol. The van der Waals surface area contributed by atoms with Crippen LogP contribution in [-0.4, -0.2) is 39.7 Å². The largest absolute Gasteiger partial charge is 0.481 e.